The first-order valence-corrected chi connectivity index (χ1v) is 25.0. The van der Waals surface area contributed by atoms with Gasteiger partial charge in [-0.3, -0.25) is 38.4 Å². The number of carbonyl (C=O) groups excluding carboxylic acids is 8. The standard InChI is InChI=1S/C51H81N9O14/c1-27(2)17-35(52-16-15-43(65)33-12-11-32-22-34(60(9)10)14-13-31(32)21-33)44(66)56-39(23-61)48(70)53-36(18-28(3)4)45(67)57-40(24-62)49(71)54-37(19-29(5)6)46(68)58-41(25-63)50(72)55-38(20-30(7)8)47(69)59-42(26-64)51(73)74/h11-14,21-22,27-30,35-42,52,61-64H,15-20,23-26H2,1-10H3,(H,53,70)(H,54,71)(H,55,72)(H,56,66)(H,57,67)(H,58,68)(H,59,69)(H,73,74)/t35-,36-,37-,38-,39-,40-,41-,42-/m0/s1. The molecule has 0 spiro atoms. The molecule has 13 N–H and O–H groups in total. The molecule has 0 fully saturated rings. The van der Waals surface area contributed by atoms with E-state index in [1.54, 1.807) is 47.6 Å². The van der Waals surface area contributed by atoms with Gasteiger partial charge in [0.1, 0.15) is 42.3 Å². The summed E-state index contributed by atoms with van der Waals surface area (Å²) in [6.45, 7) is 10.6. The van der Waals surface area contributed by atoms with Crippen LogP contribution < -0.4 is 47.4 Å². The quantitative estimate of drug-likeness (QED) is 0.0384. The average Bonchev–Trinajstić information content (AvgIpc) is 3.33. The number of carboxylic acid groups (broad SMARTS) is 1. The number of carbonyl (C=O) groups is 9. The Kier molecular flexibility index (Phi) is 27.1. The van der Waals surface area contributed by atoms with E-state index in [0.29, 0.717) is 12.0 Å². The number of anilines is 1. The first kappa shape index (κ1) is 63.8. The third kappa shape index (κ3) is 21.3. The summed E-state index contributed by atoms with van der Waals surface area (Å²) in [5.41, 5.74) is 1.53. The first-order valence-electron chi connectivity index (χ1n) is 25.0. The number of amides is 7. The van der Waals surface area contributed by atoms with E-state index in [1.165, 1.54) is 0 Å². The van der Waals surface area contributed by atoms with Gasteiger partial charge in [-0.25, -0.2) is 4.79 Å². The topological polar surface area (TPSA) is 354 Å². The van der Waals surface area contributed by atoms with Crippen LogP contribution in [0.2, 0.25) is 0 Å². The van der Waals surface area contributed by atoms with E-state index < -0.39 is 122 Å². The van der Waals surface area contributed by atoms with Crippen molar-refractivity contribution in [2.24, 2.45) is 23.7 Å². The number of Topliss-reactive ketones (excluding diaryl/α,β-unsaturated/α-hetero) is 1. The van der Waals surface area contributed by atoms with Crippen LogP contribution in [0.25, 0.3) is 10.8 Å². The minimum absolute atomic E-state index is 0.00276. The molecule has 2 rings (SSSR count). The van der Waals surface area contributed by atoms with Crippen molar-refractivity contribution in [3.8, 4) is 0 Å². The zero-order valence-electron chi connectivity index (χ0n) is 44.3. The number of aliphatic hydroxyl groups excluding tert-OH is 4. The van der Waals surface area contributed by atoms with Gasteiger partial charge in [0, 0.05) is 38.3 Å². The van der Waals surface area contributed by atoms with Crippen molar-refractivity contribution >= 4 is 69.6 Å². The van der Waals surface area contributed by atoms with Crippen molar-refractivity contribution in [1.82, 2.24) is 42.5 Å². The Morgan fingerprint density at radius 3 is 1.09 bits per heavy atom. The van der Waals surface area contributed by atoms with Gasteiger partial charge in [-0.2, -0.15) is 0 Å². The van der Waals surface area contributed by atoms with Gasteiger partial charge in [-0.05, 0) is 78.3 Å². The first-order chi connectivity index (χ1) is 34.7. The van der Waals surface area contributed by atoms with Crippen LogP contribution in [-0.2, 0) is 38.4 Å². The minimum atomic E-state index is -1.68. The van der Waals surface area contributed by atoms with Gasteiger partial charge in [0.05, 0.1) is 32.5 Å². The van der Waals surface area contributed by atoms with Crippen molar-refractivity contribution in [2.45, 2.75) is 136 Å². The number of hydrogen-bond donors (Lipinski definition) is 13. The van der Waals surface area contributed by atoms with Crippen molar-refractivity contribution in [3.63, 3.8) is 0 Å². The van der Waals surface area contributed by atoms with Crippen LogP contribution in [0.3, 0.4) is 0 Å². The zero-order chi connectivity index (χ0) is 56.0. The molecule has 23 heteroatoms. The van der Waals surface area contributed by atoms with Gasteiger partial charge in [0.25, 0.3) is 0 Å². The second kappa shape index (κ2) is 31.5. The molecule has 2 aromatic rings. The molecule has 414 valence electrons. The van der Waals surface area contributed by atoms with E-state index in [2.05, 4.69) is 42.5 Å². The molecule has 2 aromatic carbocycles. The van der Waals surface area contributed by atoms with E-state index in [9.17, 15) is 68.7 Å². The number of hydrogen-bond acceptors (Lipinski definition) is 15. The lowest BCUT2D eigenvalue weighted by Gasteiger charge is -2.28. The molecular formula is C51H81N9O14. The summed E-state index contributed by atoms with van der Waals surface area (Å²) in [5, 5.41) is 71.0. The summed E-state index contributed by atoms with van der Waals surface area (Å²) >= 11 is 0. The average molecular weight is 1040 g/mol. The van der Waals surface area contributed by atoms with Crippen LogP contribution in [-0.4, -0.2) is 174 Å². The molecule has 0 aliphatic heterocycles. The summed E-state index contributed by atoms with van der Waals surface area (Å²) in [7, 11) is 3.88. The third-order valence-electron chi connectivity index (χ3n) is 11.7. The number of fused-ring (bicyclic) bond motifs is 1. The Labute approximate surface area is 433 Å². The molecule has 0 aliphatic carbocycles. The fourth-order valence-electron chi connectivity index (χ4n) is 7.73. The minimum Gasteiger partial charge on any atom is -0.480 e. The number of nitrogens with one attached hydrogen (secondary N) is 8. The molecule has 0 bridgehead atoms. The van der Waals surface area contributed by atoms with Gasteiger partial charge in [0.2, 0.25) is 41.4 Å². The molecule has 0 heterocycles. The highest BCUT2D eigenvalue weighted by Crippen LogP contribution is 2.23. The fourth-order valence-corrected chi connectivity index (χ4v) is 7.73. The van der Waals surface area contributed by atoms with E-state index in [1.807, 2.05) is 63.2 Å². The maximum atomic E-state index is 13.8. The molecule has 0 aliphatic rings. The van der Waals surface area contributed by atoms with E-state index in [0.717, 1.165) is 16.5 Å². The Hall–Kier alpha value is -6.27. The van der Waals surface area contributed by atoms with Gasteiger partial charge >= 0.3 is 5.97 Å². The Morgan fingerprint density at radius 2 is 0.743 bits per heavy atom. The van der Waals surface area contributed by atoms with Crippen LogP contribution in [0.1, 0.15) is 97.9 Å². The monoisotopic (exact) mass is 1040 g/mol. The normalized spacial score (nSPS) is 14.7. The van der Waals surface area contributed by atoms with Crippen LogP contribution in [0.4, 0.5) is 5.69 Å². The molecular weight excluding hydrogens is 963 g/mol. The summed E-state index contributed by atoms with van der Waals surface area (Å²) in [6.07, 6.45) is 0.364. The predicted octanol–water partition coefficient (Wildman–Crippen LogP) is -0.931. The second-order valence-corrected chi connectivity index (χ2v) is 20.3. The summed E-state index contributed by atoms with van der Waals surface area (Å²) in [4.78, 5) is 121. The molecule has 0 radical (unpaired) electrons. The lowest BCUT2D eigenvalue weighted by molar-refractivity contribution is -0.143. The largest absolute Gasteiger partial charge is 0.480 e. The van der Waals surface area contributed by atoms with Crippen molar-refractivity contribution in [2.75, 3.05) is 52.0 Å². The summed E-state index contributed by atoms with van der Waals surface area (Å²) in [6, 6.07) is -0.111. The Balaban J connectivity index is 2.16. The Morgan fingerprint density at radius 1 is 0.432 bits per heavy atom. The number of rotatable bonds is 33. The van der Waals surface area contributed by atoms with Gasteiger partial charge in [0.15, 0.2) is 5.78 Å². The van der Waals surface area contributed by atoms with Crippen molar-refractivity contribution < 1.29 is 68.7 Å². The van der Waals surface area contributed by atoms with E-state index in [-0.39, 0.29) is 61.7 Å². The fraction of sp³-hybridized carbons (Fsp3) is 0.627. The maximum absolute atomic E-state index is 13.8. The van der Waals surface area contributed by atoms with Crippen molar-refractivity contribution in [1.29, 1.82) is 0 Å². The molecule has 0 saturated heterocycles. The van der Waals surface area contributed by atoms with Crippen molar-refractivity contribution in [3.05, 3.63) is 42.0 Å². The van der Waals surface area contributed by atoms with E-state index >= 15 is 0 Å². The zero-order valence-corrected chi connectivity index (χ0v) is 44.3. The summed E-state index contributed by atoms with van der Waals surface area (Å²) in [5.74, 6) is -8.79. The number of carboxylic acids is 1. The molecule has 23 nitrogen and oxygen atoms in total. The Bertz CT molecular complexity index is 2220. The molecule has 0 aromatic heterocycles. The van der Waals surface area contributed by atoms with E-state index in [4.69, 9.17) is 0 Å². The highest BCUT2D eigenvalue weighted by atomic mass is 16.4. The lowest BCUT2D eigenvalue weighted by Crippen LogP contribution is -2.61. The van der Waals surface area contributed by atoms with Crippen LogP contribution in [0.15, 0.2) is 36.4 Å². The smallest absolute Gasteiger partial charge is 0.328 e. The van der Waals surface area contributed by atoms with Crippen LogP contribution in [0, 0.1) is 23.7 Å². The SMILES string of the molecule is CC(C)C[C@H](NCCC(=O)c1ccc2cc(N(C)C)ccc2c1)C(=O)N[C@@H](CO)C(=O)N[C@@H](CC(C)C)C(=O)N[C@@H](CO)C(=O)N[C@@H](CC(C)C)C(=O)N[C@@H](CO)C(=O)N[C@@H](CC(C)C)C(=O)N[C@@H](CO)C(=O)O. The number of benzene rings is 2. The highest BCUT2D eigenvalue weighted by Gasteiger charge is 2.35. The summed E-state index contributed by atoms with van der Waals surface area (Å²) < 4.78 is 0. The maximum Gasteiger partial charge on any atom is 0.328 e. The predicted molar refractivity (Wildman–Crippen MR) is 276 cm³/mol. The van der Waals surface area contributed by atoms with Gasteiger partial charge < -0.3 is 73.0 Å². The lowest BCUT2D eigenvalue weighted by atomic mass is 10.0. The van der Waals surface area contributed by atoms with Gasteiger partial charge in [-0.1, -0.05) is 73.6 Å². The molecule has 7 amide bonds. The number of aliphatic hydroxyl groups is 4. The molecule has 0 unspecified atom stereocenters. The van der Waals surface area contributed by atoms with Crippen LogP contribution >= 0.6 is 0 Å². The van der Waals surface area contributed by atoms with Crippen LogP contribution in [0.5, 0.6) is 0 Å². The number of ketones is 1. The highest BCUT2D eigenvalue weighted by molar-refractivity contribution is 6.01. The third-order valence-corrected chi connectivity index (χ3v) is 11.7. The molecule has 8 atom stereocenters. The number of aliphatic carboxylic acids is 1. The molecule has 0 saturated carbocycles. The van der Waals surface area contributed by atoms with Gasteiger partial charge in [-0.15, -0.1) is 0 Å². The second-order valence-electron chi connectivity index (χ2n) is 20.3. The molecule has 74 heavy (non-hydrogen) atoms. The number of nitrogens with zero attached hydrogens (tertiary/aromatic N) is 1.